The first-order chi connectivity index (χ1) is 12.2. The van der Waals surface area contributed by atoms with Crippen molar-refractivity contribution in [2.75, 3.05) is 19.6 Å². The Labute approximate surface area is 176 Å². The van der Waals surface area contributed by atoms with E-state index in [2.05, 4.69) is 53.2 Å². The van der Waals surface area contributed by atoms with Crippen molar-refractivity contribution in [3.63, 3.8) is 0 Å². The molecule has 1 aliphatic carbocycles. The molecule has 1 aromatic carbocycles. The SMILES string of the molecule is CC(NC1(CNC(=O)CCC2CCNC2)CCCC1)c1ccccc1.Cl.Cl. The molecule has 0 bridgehead atoms. The van der Waals surface area contributed by atoms with Gasteiger partial charge in [0, 0.05) is 24.5 Å². The fraction of sp³-hybridized carbons (Fsp3) is 0.667. The van der Waals surface area contributed by atoms with E-state index in [9.17, 15) is 4.79 Å². The summed E-state index contributed by atoms with van der Waals surface area (Å²) in [4.78, 5) is 12.3. The van der Waals surface area contributed by atoms with E-state index in [4.69, 9.17) is 0 Å². The molecule has 1 amide bonds. The van der Waals surface area contributed by atoms with E-state index in [0.717, 1.165) is 38.9 Å². The smallest absolute Gasteiger partial charge is 0.220 e. The molecule has 1 heterocycles. The van der Waals surface area contributed by atoms with Gasteiger partial charge >= 0.3 is 0 Å². The molecule has 2 atom stereocenters. The molecule has 0 radical (unpaired) electrons. The van der Waals surface area contributed by atoms with Crippen LogP contribution in [0.5, 0.6) is 0 Å². The quantitative estimate of drug-likeness (QED) is 0.601. The minimum absolute atomic E-state index is 0. The highest BCUT2D eigenvalue weighted by atomic mass is 35.5. The van der Waals surface area contributed by atoms with E-state index in [-0.39, 0.29) is 36.3 Å². The van der Waals surface area contributed by atoms with E-state index in [1.807, 2.05) is 0 Å². The second kappa shape index (κ2) is 11.9. The first-order valence-corrected chi connectivity index (χ1v) is 9.97. The third-order valence-electron chi connectivity index (χ3n) is 5.95. The highest BCUT2D eigenvalue weighted by molar-refractivity contribution is 5.85. The van der Waals surface area contributed by atoms with Crippen LogP contribution in [0.1, 0.15) is 63.5 Å². The summed E-state index contributed by atoms with van der Waals surface area (Å²) in [7, 11) is 0. The van der Waals surface area contributed by atoms with Gasteiger partial charge in [-0.25, -0.2) is 0 Å². The van der Waals surface area contributed by atoms with Crippen molar-refractivity contribution in [1.29, 1.82) is 0 Å². The van der Waals surface area contributed by atoms with Crippen molar-refractivity contribution >= 4 is 30.7 Å². The Balaban J connectivity index is 0.00000182. The molecule has 1 aromatic rings. The Hall–Kier alpha value is -0.810. The van der Waals surface area contributed by atoms with Crippen molar-refractivity contribution in [3.8, 4) is 0 Å². The van der Waals surface area contributed by atoms with Crippen molar-refractivity contribution < 1.29 is 4.79 Å². The standard InChI is InChI=1S/C21H33N3O.2ClH/c1-17(19-7-3-2-4-8-19)24-21(12-5-6-13-21)16-23-20(25)10-9-18-11-14-22-15-18;;/h2-4,7-8,17-18,22,24H,5-6,9-16H2,1H3,(H,23,25);2*1H. The lowest BCUT2D eigenvalue weighted by Gasteiger charge is -2.34. The summed E-state index contributed by atoms with van der Waals surface area (Å²) in [5.74, 6) is 0.898. The molecule has 0 spiro atoms. The summed E-state index contributed by atoms with van der Waals surface area (Å²) in [5.41, 5.74) is 1.37. The number of hydrogen-bond acceptors (Lipinski definition) is 3. The fourth-order valence-corrected chi connectivity index (χ4v) is 4.36. The summed E-state index contributed by atoms with van der Waals surface area (Å²) < 4.78 is 0. The molecule has 0 aromatic heterocycles. The number of nitrogens with one attached hydrogen (secondary N) is 3. The highest BCUT2D eigenvalue weighted by Gasteiger charge is 2.35. The molecule has 4 nitrogen and oxygen atoms in total. The maximum Gasteiger partial charge on any atom is 0.220 e. The molecule has 3 N–H and O–H groups in total. The van der Waals surface area contributed by atoms with Crippen LogP contribution in [0.3, 0.4) is 0 Å². The first-order valence-electron chi connectivity index (χ1n) is 9.97. The topological polar surface area (TPSA) is 53.2 Å². The molecule has 2 aliphatic rings. The monoisotopic (exact) mass is 415 g/mol. The molecule has 3 rings (SSSR count). The van der Waals surface area contributed by atoms with E-state index in [1.54, 1.807) is 0 Å². The van der Waals surface area contributed by atoms with Gasteiger partial charge in [-0.1, -0.05) is 43.2 Å². The summed E-state index contributed by atoms with van der Waals surface area (Å²) in [6, 6.07) is 10.9. The zero-order valence-corrected chi connectivity index (χ0v) is 18.0. The second-order valence-electron chi connectivity index (χ2n) is 7.94. The molecule has 6 heteroatoms. The van der Waals surface area contributed by atoms with Crippen LogP contribution < -0.4 is 16.0 Å². The molecule has 1 aliphatic heterocycles. The van der Waals surface area contributed by atoms with Crippen LogP contribution in [0.15, 0.2) is 30.3 Å². The molecular weight excluding hydrogens is 381 g/mol. The van der Waals surface area contributed by atoms with Crippen LogP contribution in [-0.2, 0) is 4.79 Å². The highest BCUT2D eigenvalue weighted by Crippen LogP contribution is 2.32. The number of carbonyl (C=O) groups is 1. The van der Waals surface area contributed by atoms with Gasteiger partial charge in [0.15, 0.2) is 0 Å². The van der Waals surface area contributed by atoms with Gasteiger partial charge in [0.1, 0.15) is 0 Å². The van der Waals surface area contributed by atoms with E-state index in [1.165, 1.54) is 24.8 Å². The lowest BCUT2D eigenvalue weighted by atomic mass is 9.94. The number of rotatable bonds is 8. The predicted molar refractivity (Wildman–Crippen MR) is 117 cm³/mol. The maximum absolute atomic E-state index is 12.3. The van der Waals surface area contributed by atoms with Gasteiger partial charge in [-0.05, 0) is 57.2 Å². The number of halogens is 2. The van der Waals surface area contributed by atoms with Gasteiger partial charge in [-0.2, -0.15) is 0 Å². The van der Waals surface area contributed by atoms with Crippen molar-refractivity contribution in [3.05, 3.63) is 35.9 Å². The molecule has 1 saturated carbocycles. The van der Waals surface area contributed by atoms with Gasteiger partial charge in [-0.3, -0.25) is 4.79 Å². The largest absolute Gasteiger partial charge is 0.354 e. The number of carbonyl (C=O) groups excluding carboxylic acids is 1. The molecule has 1 saturated heterocycles. The summed E-state index contributed by atoms with van der Waals surface area (Å²) in [6.07, 6.45) is 7.69. The third-order valence-corrected chi connectivity index (χ3v) is 5.95. The zero-order valence-electron chi connectivity index (χ0n) is 16.3. The van der Waals surface area contributed by atoms with Gasteiger partial charge < -0.3 is 16.0 Å². The molecule has 27 heavy (non-hydrogen) atoms. The third kappa shape index (κ3) is 7.26. The fourth-order valence-electron chi connectivity index (χ4n) is 4.36. The van der Waals surface area contributed by atoms with Crippen LogP contribution in [0.4, 0.5) is 0 Å². The average Bonchev–Trinajstić information content (AvgIpc) is 3.31. The Morgan fingerprint density at radius 3 is 2.56 bits per heavy atom. The maximum atomic E-state index is 12.3. The Morgan fingerprint density at radius 2 is 1.93 bits per heavy atom. The summed E-state index contributed by atoms with van der Waals surface area (Å²) >= 11 is 0. The van der Waals surface area contributed by atoms with Crippen LogP contribution in [0.2, 0.25) is 0 Å². The number of benzene rings is 1. The predicted octanol–water partition coefficient (Wildman–Crippen LogP) is 4.00. The van der Waals surface area contributed by atoms with Gasteiger partial charge in [0.2, 0.25) is 5.91 Å². The van der Waals surface area contributed by atoms with Crippen molar-refractivity contribution in [2.24, 2.45) is 5.92 Å². The minimum Gasteiger partial charge on any atom is -0.354 e. The molecule has 154 valence electrons. The summed E-state index contributed by atoms with van der Waals surface area (Å²) in [5, 5.41) is 10.4. The average molecular weight is 416 g/mol. The summed E-state index contributed by atoms with van der Waals surface area (Å²) in [6.45, 7) is 5.17. The lowest BCUT2D eigenvalue weighted by Crippen LogP contribution is -2.52. The molecular formula is C21H35Cl2N3O. The Morgan fingerprint density at radius 1 is 1.22 bits per heavy atom. The lowest BCUT2D eigenvalue weighted by molar-refractivity contribution is -0.121. The Kier molecular flexibility index (Phi) is 10.7. The van der Waals surface area contributed by atoms with Gasteiger partial charge in [0.25, 0.3) is 0 Å². The first kappa shape index (κ1) is 24.2. The van der Waals surface area contributed by atoms with Crippen LogP contribution in [-0.4, -0.2) is 31.1 Å². The normalized spacial score (nSPS) is 21.7. The zero-order chi connectivity index (χ0) is 17.5. The van der Waals surface area contributed by atoms with Gasteiger partial charge in [-0.15, -0.1) is 24.8 Å². The van der Waals surface area contributed by atoms with Crippen molar-refractivity contribution in [2.45, 2.75) is 63.5 Å². The minimum atomic E-state index is 0. The van der Waals surface area contributed by atoms with Crippen LogP contribution in [0.25, 0.3) is 0 Å². The number of hydrogen-bond donors (Lipinski definition) is 3. The van der Waals surface area contributed by atoms with E-state index in [0.29, 0.717) is 18.4 Å². The van der Waals surface area contributed by atoms with E-state index < -0.39 is 0 Å². The van der Waals surface area contributed by atoms with Crippen LogP contribution in [0, 0.1) is 5.92 Å². The van der Waals surface area contributed by atoms with Crippen LogP contribution >= 0.6 is 24.8 Å². The number of amides is 1. The molecule has 2 fully saturated rings. The van der Waals surface area contributed by atoms with Crippen molar-refractivity contribution in [1.82, 2.24) is 16.0 Å². The molecule has 2 unspecified atom stereocenters. The van der Waals surface area contributed by atoms with Gasteiger partial charge in [0.05, 0.1) is 0 Å². The van der Waals surface area contributed by atoms with E-state index >= 15 is 0 Å². The second-order valence-corrected chi connectivity index (χ2v) is 7.94. The Bertz CT molecular complexity index is 544.